The van der Waals surface area contributed by atoms with Crippen molar-refractivity contribution in [3.05, 3.63) is 35.5 Å². The van der Waals surface area contributed by atoms with Crippen LogP contribution < -0.4 is 10.6 Å². The number of benzene rings is 1. The summed E-state index contributed by atoms with van der Waals surface area (Å²) in [5.41, 5.74) is 1.52. The summed E-state index contributed by atoms with van der Waals surface area (Å²) >= 11 is 0. The fourth-order valence-electron chi connectivity index (χ4n) is 1.72. The summed E-state index contributed by atoms with van der Waals surface area (Å²) in [6.45, 7) is 5.40. The topological polar surface area (TPSA) is 94.4 Å². The summed E-state index contributed by atoms with van der Waals surface area (Å²) in [6, 6.07) is 6.66. The van der Waals surface area contributed by atoms with Crippen molar-refractivity contribution in [1.82, 2.24) is 5.32 Å². The molecule has 0 atom stereocenters. The number of phenolic OH excluding ortho intramolecular Hbond substituents is 1. The quantitative estimate of drug-likeness (QED) is 0.296. The van der Waals surface area contributed by atoms with E-state index in [1.54, 1.807) is 12.1 Å². The van der Waals surface area contributed by atoms with Gasteiger partial charge in [0, 0.05) is 31.6 Å². The van der Waals surface area contributed by atoms with Crippen molar-refractivity contribution in [3.8, 4) is 11.8 Å². The minimum Gasteiger partial charge on any atom is -0.508 e. The van der Waals surface area contributed by atoms with E-state index in [1.807, 2.05) is 19.9 Å². The fraction of sp³-hybridized carbons (Fsp3) is 0.375. The molecule has 0 spiro atoms. The van der Waals surface area contributed by atoms with Crippen molar-refractivity contribution in [2.24, 2.45) is 0 Å². The number of nitrogens with zero attached hydrogens (tertiary/aromatic N) is 1. The molecular weight excluding hydrogens is 282 g/mol. The predicted octanol–water partition coefficient (Wildman–Crippen LogP) is 2.06. The molecule has 0 saturated carbocycles. The van der Waals surface area contributed by atoms with Crippen LogP contribution in [0.25, 0.3) is 0 Å². The Morgan fingerprint density at radius 3 is 2.91 bits per heavy atom. The Hall–Kier alpha value is -2.52. The number of hydrogen-bond donors (Lipinski definition) is 3. The SMILES string of the molecule is CCOCCCNC(=O)/C(C#N)=C\Nc1ccc(O)cc1C. The van der Waals surface area contributed by atoms with Gasteiger partial charge in [-0.15, -0.1) is 0 Å². The van der Waals surface area contributed by atoms with Crippen LogP contribution in [0.5, 0.6) is 5.75 Å². The van der Waals surface area contributed by atoms with E-state index in [0.717, 1.165) is 11.3 Å². The zero-order valence-electron chi connectivity index (χ0n) is 12.8. The Bertz CT molecular complexity index is 576. The van der Waals surface area contributed by atoms with Gasteiger partial charge >= 0.3 is 0 Å². The Morgan fingerprint density at radius 1 is 1.50 bits per heavy atom. The summed E-state index contributed by atoms with van der Waals surface area (Å²) in [4.78, 5) is 11.8. The third kappa shape index (κ3) is 5.85. The van der Waals surface area contributed by atoms with E-state index in [9.17, 15) is 9.90 Å². The Morgan fingerprint density at radius 2 is 2.27 bits per heavy atom. The first-order chi connectivity index (χ1) is 10.6. The van der Waals surface area contributed by atoms with E-state index >= 15 is 0 Å². The lowest BCUT2D eigenvalue weighted by molar-refractivity contribution is -0.117. The predicted molar refractivity (Wildman–Crippen MR) is 84.3 cm³/mol. The lowest BCUT2D eigenvalue weighted by atomic mass is 10.2. The van der Waals surface area contributed by atoms with Gasteiger partial charge in [-0.2, -0.15) is 5.26 Å². The highest BCUT2D eigenvalue weighted by Crippen LogP contribution is 2.20. The maximum Gasteiger partial charge on any atom is 0.263 e. The van der Waals surface area contributed by atoms with Crippen molar-refractivity contribution < 1.29 is 14.6 Å². The summed E-state index contributed by atoms with van der Waals surface area (Å²) in [5, 5.41) is 23.9. The molecule has 1 amide bonds. The van der Waals surface area contributed by atoms with E-state index in [2.05, 4.69) is 10.6 Å². The number of aromatic hydroxyl groups is 1. The number of carbonyl (C=O) groups excluding carboxylic acids is 1. The second-order valence-electron chi connectivity index (χ2n) is 4.62. The van der Waals surface area contributed by atoms with Crippen LogP contribution in [0.15, 0.2) is 30.0 Å². The Labute approximate surface area is 130 Å². The molecule has 6 nitrogen and oxygen atoms in total. The van der Waals surface area contributed by atoms with Gasteiger partial charge in [-0.3, -0.25) is 4.79 Å². The summed E-state index contributed by atoms with van der Waals surface area (Å²) in [7, 11) is 0. The minimum absolute atomic E-state index is 0.0103. The average molecular weight is 303 g/mol. The van der Waals surface area contributed by atoms with Crippen molar-refractivity contribution in [2.45, 2.75) is 20.3 Å². The number of rotatable bonds is 8. The number of amides is 1. The van der Waals surface area contributed by atoms with E-state index in [-0.39, 0.29) is 11.3 Å². The maximum atomic E-state index is 11.8. The van der Waals surface area contributed by atoms with E-state index < -0.39 is 5.91 Å². The molecule has 1 aromatic carbocycles. The van der Waals surface area contributed by atoms with E-state index in [4.69, 9.17) is 10.00 Å². The van der Waals surface area contributed by atoms with Gasteiger partial charge in [0.25, 0.3) is 5.91 Å². The van der Waals surface area contributed by atoms with E-state index in [0.29, 0.717) is 26.2 Å². The highest BCUT2D eigenvalue weighted by molar-refractivity contribution is 5.97. The van der Waals surface area contributed by atoms with Crippen LogP contribution in [0.3, 0.4) is 0 Å². The molecule has 1 rings (SSSR count). The molecule has 0 radical (unpaired) electrons. The van der Waals surface area contributed by atoms with Crippen molar-refractivity contribution in [1.29, 1.82) is 5.26 Å². The zero-order chi connectivity index (χ0) is 16.4. The van der Waals surface area contributed by atoms with Gasteiger partial charge in [0.1, 0.15) is 17.4 Å². The molecule has 1 aromatic rings. The molecule has 3 N–H and O–H groups in total. The minimum atomic E-state index is -0.428. The first kappa shape index (κ1) is 17.5. The third-order valence-corrected chi connectivity index (χ3v) is 2.90. The summed E-state index contributed by atoms with van der Waals surface area (Å²) in [6.07, 6.45) is 2.06. The first-order valence-corrected chi connectivity index (χ1v) is 7.10. The zero-order valence-corrected chi connectivity index (χ0v) is 12.8. The Balaban J connectivity index is 2.55. The van der Waals surface area contributed by atoms with E-state index in [1.165, 1.54) is 12.3 Å². The van der Waals surface area contributed by atoms with Gasteiger partial charge in [-0.1, -0.05) is 0 Å². The van der Waals surface area contributed by atoms with Gasteiger partial charge < -0.3 is 20.5 Å². The monoisotopic (exact) mass is 303 g/mol. The first-order valence-electron chi connectivity index (χ1n) is 7.10. The van der Waals surface area contributed by atoms with Crippen molar-refractivity contribution >= 4 is 11.6 Å². The largest absolute Gasteiger partial charge is 0.508 e. The van der Waals surface area contributed by atoms with Crippen LogP contribution in [0, 0.1) is 18.3 Å². The third-order valence-electron chi connectivity index (χ3n) is 2.90. The molecule has 118 valence electrons. The number of ether oxygens (including phenoxy) is 1. The lowest BCUT2D eigenvalue weighted by Crippen LogP contribution is -2.26. The molecule has 6 heteroatoms. The number of hydrogen-bond acceptors (Lipinski definition) is 5. The van der Waals surface area contributed by atoms with Crippen LogP contribution in [0.4, 0.5) is 5.69 Å². The molecular formula is C16H21N3O3. The van der Waals surface area contributed by atoms with Gasteiger partial charge in [-0.05, 0) is 44.0 Å². The van der Waals surface area contributed by atoms with Gasteiger partial charge in [0.2, 0.25) is 0 Å². The number of nitrogens with one attached hydrogen (secondary N) is 2. The molecule has 0 aliphatic heterocycles. The standard InChI is InChI=1S/C16H21N3O3/c1-3-22-8-4-7-18-16(21)13(10-17)11-19-15-6-5-14(20)9-12(15)2/h5-6,9,11,19-20H,3-4,7-8H2,1-2H3,(H,18,21)/b13-11-. The second-order valence-corrected chi connectivity index (χ2v) is 4.62. The fourth-order valence-corrected chi connectivity index (χ4v) is 1.72. The van der Waals surface area contributed by atoms with Crippen molar-refractivity contribution in [2.75, 3.05) is 25.1 Å². The molecule has 0 aliphatic carbocycles. The molecule has 22 heavy (non-hydrogen) atoms. The number of carbonyl (C=O) groups is 1. The van der Waals surface area contributed by atoms with Crippen LogP contribution >= 0.6 is 0 Å². The molecule has 0 aliphatic rings. The molecule has 0 aromatic heterocycles. The van der Waals surface area contributed by atoms with Gasteiger partial charge in [-0.25, -0.2) is 0 Å². The number of nitriles is 1. The summed E-state index contributed by atoms with van der Waals surface area (Å²) < 4.78 is 5.17. The molecule has 0 bridgehead atoms. The Kier molecular flexibility index (Phi) is 7.51. The maximum absolute atomic E-state index is 11.8. The second kappa shape index (κ2) is 9.42. The van der Waals surface area contributed by atoms with Crippen molar-refractivity contribution in [3.63, 3.8) is 0 Å². The van der Waals surface area contributed by atoms with Gasteiger partial charge in [0.15, 0.2) is 0 Å². The molecule has 0 fully saturated rings. The highest BCUT2D eigenvalue weighted by Gasteiger charge is 2.08. The highest BCUT2D eigenvalue weighted by atomic mass is 16.5. The van der Waals surface area contributed by atoms with Crippen LogP contribution in [0.1, 0.15) is 18.9 Å². The number of aryl methyl sites for hydroxylation is 1. The summed E-state index contributed by atoms with van der Waals surface area (Å²) in [5.74, 6) is -0.262. The van der Waals surface area contributed by atoms with Gasteiger partial charge in [0.05, 0.1) is 0 Å². The van der Waals surface area contributed by atoms with Crippen LogP contribution in [-0.4, -0.2) is 30.8 Å². The average Bonchev–Trinajstić information content (AvgIpc) is 2.49. The normalized spacial score (nSPS) is 10.9. The molecule has 0 heterocycles. The van der Waals surface area contributed by atoms with Crippen LogP contribution in [0.2, 0.25) is 0 Å². The number of anilines is 1. The van der Waals surface area contributed by atoms with Crippen LogP contribution in [-0.2, 0) is 9.53 Å². The lowest BCUT2D eigenvalue weighted by Gasteiger charge is -2.07. The molecule has 0 unspecified atom stereocenters. The molecule has 0 saturated heterocycles. The smallest absolute Gasteiger partial charge is 0.263 e. The number of phenols is 1.